The van der Waals surface area contributed by atoms with Gasteiger partial charge in [-0.2, -0.15) is 0 Å². The van der Waals surface area contributed by atoms with E-state index in [9.17, 15) is 9.59 Å². The number of hydrogen-bond donors (Lipinski definition) is 0. The zero-order valence-corrected chi connectivity index (χ0v) is 22.6. The van der Waals surface area contributed by atoms with Crippen molar-refractivity contribution in [1.29, 1.82) is 0 Å². The van der Waals surface area contributed by atoms with Crippen molar-refractivity contribution < 1.29 is 9.53 Å². The van der Waals surface area contributed by atoms with Crippen molar-refractivity contribution in [2.75, 3.05) is 6.61 Å². The highest BCUT2D eigenvalue weighted by Gasteiger charge is 2.33. The van der Waals surface area contributed by atoms with Gasteiger partial charge in [-0.15, -0.1) is 11.3 Å². The summed E-state index contributed by atoms with van der Waals surface area (Å²) in [4.78, 5) is 32.8. The Balaban J connectivity index is 1.67. The maximum absolute atomic E-state index is 13.8. The molecule has 0 bridgehead atoms. The van der Waals surface area contributed by atoms with Crippen LogP contribution in [0.4, 0.5) is 0 Å². The normalized spacial score (nSPS) is 15.7. The average molecular weight is 538 g/mol. The Bertz CT molecular complexity index is 1670. The van der Waals surface area contributed by atoms with Gasteiger partial charge in [0.2, 0.25) is 0 Å². The number of nitrogens with zero attached hydrogens (tertiary/aromatic N) is 3. The number of carbonyl (C=O) groups excluding carboxylic acids is 1. The summed E-state index contributed by atoms with van der Waals surface area (Å²) < 4.78 is 9.66. The third-order valence-corrected chi connectivity index (χ3v) is 8.33. The number of rotatable bonds is 5. The van der Waals surface area contributed by atoms with Gasteiger partial charge in [-0.3, -0.25) is 9.36 Å². The average Bonchev–Trinajstić information content (AvgIpc) is 3.54. The summed E-state index contributed by atoms with van der Waals surface area (Å²) in [5.41, 5.74) is 4.80. The topological polar surface area (TPSA) is 65.6 Å². The highest BCUT2D eigenvalue weighted by Crippen LogP contribution is 2.33. The SMILES string of the molecule is CCOC(=O)C1=C(C)N=c2s/c(=C\c3cc(C)n(-c4ccc(Cl)cc4)c3C)c(=O)n2C1c1cccs1. The molecule has 0 N–H and O–H groups in total. The molecule has 0 saturated carbocycles. The molecule has 0 amide bonds. The third-order valence-electron chi connectivity index (χ3n) is 6.17. The standard InChI is InChI=1S/C27H24ClN3O3S2/c1-5-34-26(33)23-16(3)29-27-31(24(23)21-7-6-12-35-21)25(32)22(36-27)14-18-13-15(2)30(17(18)4)20-10-8-19(28)9-11-20/h6-14,24H,5H2,1-4H3/b22-14-. The summed E-state index contributed by atoms with van der Waals surface area (Å²) >= 11 is 8.90. The molecule has 9 heteroatoms. The molecule has 1 atom stereocenters. The van der Waals surface area contributed by atoms with Crippen LogP contribution in [0.1, 0.15) is 41.7 Å². The van der Waals surface area contributed by atoms with Gasteiger partial charge in [0.1, 0.15) is 6.04 Å². The molecular formula is C27H24ClN3O3S2. The maximum atomic E-state index is 13.8. The minimum atomic E-state index is -0.566. The van der Waals surface area contributed by atoms with Crippen molar-refractivity contribution in [2.45, 2.75) is 33.7 Å². The molecule has 0 saturated heterocycles. The van der Waals surface area contributed by atoms with E-state index in [0.717, 1.165) is 27.5 Å². The lowest BCUT2D eigenvalue weighted by atomic mass is 10.0. The number of aryl methyl sites for hydroxylation is 1. The first kappa shape index (κ1) is 24.5. The second-order valence-electron chi connectivity index (χ2n) is 8.46. The molecule has 1 aliphatic heterocycles. The molecule has 0 fully saturated rings. The second kappa shape index (κ2) is 9.69. The van der Waals surface area contributed by atoms with Gasteiger partial charge in [0.15, 0.2) is 4.80 Å². The Hall–Kier alpha value is -3.20. The lowest BCUT2D eigenvalue weighted by Crippen LogP contribution is -2.39. The van der Waals surface area contributed by atoms with Gasteiger partial charge in [-0.25, -0.2) is 9.79 Å². The minimum absolute atomic E-state index is 0.178. The quantitative estimate of drug-likeness (QED) is 0.339. The van der Waals surface area contributed by atoms with Crippen LogP contribution in [-0.4, -0.2) is 21.7 Å². The van der Waals surface area contributed by atoms with Crippen LogP contribution in [0.2, 0.25) is 5.02 Å². The van der Waals surface area contributed by atoms with E-state index in [1.54, 1.807) is 18.4 Å². The van der Waals surface area contributed by atoms with Gasteiger partial charge in [-0.1, -0.05) is 29.0 Å². The molecule has 1 aliphatic rings. The Morgan fingerprint density at radius 2 is 1.94 bits per heavy atom. The molecule has 1 unspecified atom stereocenters. The molecule has 6 nitrogen and oxygen atoms in total. The first-order valence-corrected chi connectivity index (χ1v) is 13.6. The number of esters is 1. The van der Waals surface area contributed by atoms with Gasteiger partial charge < -0.3 is 9.30 Å². The van der Waals surface area contributed by atoms with Gasteiger partial charge >= 0.3 is 5.97 Å². The van der Waals surface area contributed by atoms with Crippen LogP contribution < -0.4 is 14.9 Å². The molecule has 184 valence electrons. The van der Waals surface area contributed by atoms with Crippen molar-refractivity contribution >= 4 is 46.3 Å². The summed E-state index contributed by atoms with van der Waals surface area (Å²) in [7, 11) is 0. The monoisotopic (exact) mass is 537 g/mol. The molecule has 5 rings (SSSR count). The third kappa shape index (κ3) is 4.19. The number of benzene rings is 1. The summed E-state index contributed by atoms with van der Waals surface area (Å²) in [5, 5.41) is 2.62. The van der Waals surface area contributed by atoms with E-state index in [4.69, 9.17) is 16.3 Å². The first-order valence-electron chi connectivity index (χ1n) is 11.5. The molecule has 1 aromatic carbocycles. The number of carbonyl (C=O) groups is 1. The number of aromatic nitrogens is 2. The van der Waals surface area contributed by atoms with Crippen LogP contribution in [0.15, 0.2) is 68.9 Å². The van der Waals surface area contributed by atoms with E-state index in [-0.39, 0.29) is 12.2 Å². The van der Waals surface area contributed by atoms with Gasteiger partial charge in [0.05, 0.1) is 22.4 Å². The van der Waals surface area contributed by atoms with E-state index in [2.05, 4.69) is 15.6 Å². The lowest BCUT2D eigenvalue weighted by molar-refractivity contribution is -0.139. The molecule has 0 spiro atoms. The van der Waals surface area contributed by atoms with Crippen molar-refractivity contribution in [1.82, 2.24) is 9.13 Å². The molecule has 0 radical (unpaired) electrons. The van der Waals surface area contributed by atoms with E-state index in [1.165, 1.54) is 22.7 Å². The Labute approximate surface area is 221 Å². The van der Waals surface area contributed by atoms with Crippen LogP contribution >= 0.6 is 34.3 Å². The first-order chi connectivity index (χ1) is 17.3. The molecule has 36 heavy (non-hydrogen) atoms. The zero-order valence-electron chi connectivity index (χ0n) is 20.2. The Morgan fingerprint density at radius 3 is 2.61 bits per heavy atom. The number of halogens is 1. The van der Waals surface area contributed by atoms with Gasteiger partial charge in [0.25, 0.3) is 5.56 Å². The van der Waals surface area contributed by atoms with Crippen molar-refractivity contribution in [3.05, 3.63) is 106 Å². The summed E-state index contributed by atoms with van der Waals surface area (Å²) in [6.45, 7) is 7.88. The summed E-state index contributed by atoms with van der Waals surface area (Å²) in [6.07, 6.45) is 1.91. The number of thiazole rings is 1. The van der Waals surface area contributed by atoms with E-state index < -0.39 is 12.0 Å². The second-order valence-corrected chi connectivity index (χ2v) is 10.9. The van der Waals surface area contributed by atoms with Crippen LogP contribution in [0.5, 0.6) is 0 Å². The van der Waals surface area contributed by atoms with Crippen LogP contribution in [0.25, 0.3) is 11.8 Å². The molecular weight excluding hydrogens is 514 g/mol. The van der Waals surface area contributed by atoms with Crippen LogP contribution in [-0.2, 0) is 9.53 Å². The van der Waals surface area contributed by atoms with E-state index in [1.807, 2.05) is 61.7 Å². The van der Waals surface area contributed by atoms with E-state index in [0.29, 0.717) is 25.6 Å². The molecule has 3 aromatic heterocycles. The zero-order chi connectivity index (χ0) is 25.6. The minimum Gasteiger partial charge on any atom is -0.463 e. The summed E-state index contributed by atoms with van der Waals surface area (Å²) in [6, 6.07) is 13.0. The predicted octanol–water partition coefficient (Wildman–Crippen LogP) is 4.92. The lowest BCUT2D eigenvalue weighted by Gasteiger charge is -2.23. The van der Waals surface area contributed by atoms with Gasteiger partial charge in [-0.05, 0) is 81.1 Å². The summed E-state index contributed by atoms with van der Waals surface area (Å²) in [5.74, 6) is -0.446. The van der Waals surface area contributed by atoms with Crippen LogP contribution in [0, 0.1) is 13.8 Å². The molecule has 4 aromatic rings. The highest BCUT2D eigenvalue weighted by atomic mass is 35.5. The molecule has 4 heterocycles. The fourth-order valence-electron chi connectivity index (χ4n) is 4.57. The Kier molecular flexibility index (Phi) is 6.59. The van der Waals surface area contributed by atoms with Crippen molar-refractivity contribution in [3.8, 4) is 5.69 Å². The highest BCUT2D eigenvalue weighted by molar-refractivity contribution is 7.10. The number of thiophene rings is 1. The van der Waals surface area contributed by atoms with Crippen molar-refractivity contribution in [2.24, 2.45) is 4.99 Å². The fraction of sp³-hybridized carbons (Fsp3) is 0.222. The smallest absolute Gasteiger partial charge is 0.338 e. The number of hydrogen-bond acceptors (Lipinski definition) is 6. The van der Waals surface area contributed by atoms with Gasteiger partial charge in [0, 0.05) is 27.0 Å². The number of allylic oxidation sites excluding steroid dienone is 1. The molecule has 0 aliphatic carbocycles. The fourth-order valence-corrected chi connectivity index (χ4v) is 6.56. The predicted molar refractivity (Wildman–Crippen MR) is 145 cm³/mol. The van der Waals surface area contributed by atoms with Crippen molar-refractivity contribution in [3.63, 3.8) is 0 Å². The maximum Gasteiger partial charge on any atom is 0.338 e. The number of fused-ring (bicyclic) bond motifs is 1. The van der Waals surface area contributed by atoms with E-state index >= 15 is 0 Å². The largest absolute Gasteiger partial charge is 0.463 e. The Morgan fingerprint density at radius 1 is 1.19 bits per heavy atom. The van der Waals surface area contributed by atoms with Crippen LogP contribution in [0.3, 0.4) is 0 Å². The number of ether oxygens (including phenoxy) is 1.